The first kappa shape index (κ1) is 7.19. The molecule has 0 aromatic carbocycles. The molecule has 0 bridgehead atoms. The Morgan fingerprint density at radius 2 is 2.00 bits per heavy atom. The zero-order valence-electron chi connectivity index (χ0n) is 5.16. The molecule has 0 spiro atoms. The Morgan fingerprint density at radius 1 is 1.36 bits per heavy atom. The smallest absolute Gasteiger partial charge is 0.298 e. The van der Waals surface area contributed by atoms with Gasteiger partial charge in [0.05, 0.1) is 4.92 Å². The number of imide groups is 1. The highest BCUT2D eigenvalue weighted by atomic mass is 16.6. The number of nitrogens with one attached hydrogen (secondary N) is 2. The van der Waals surface area contributed by atoms with Gasteiger partial charge in [0.15, 0.2) is 5.70 Å². The van der Waals surface area contributed by atoms with Crippen molar-refractivity contribution in [2.24, 2.45) is 0 Å². The molecule has 0 aromatic rings. The summed E-state index contributed by atoms with van der Waals surface area (Å²) in [6, 6.07) is -0.747. The van der Waals surface area contributed by atoms with Crippen molar-refractivity contribution in [1.82, 2.24) is 10.6 Å². The Bertz CT molecular complexity index is 269. The van der Waals surface area contributed by atoms with E-state index in [0.29, 0.717) is 6.20 Å². The number of nitro groups is 1. The minimum absolute atomic E-state index is 0.347. The molecule has 1 saturated heterocycles. The summed E-state index contributed by atoms with van der Waals surface area (Å²) in [5, 5.41) is 13.6. The molecule has 1 aliphatic heterocycles. The normalized spacial score (nSPS) is 19.8. The van der Waals surface area contributed by atoms with E-state index in [4.69, 9.17) is 0 Å². The van der Waals surface area contributed by atoms with Crippen LogP contribution < -0.4 is 10.6 Å². The number of hydrogen-bond donors (Lipinski definition) is 2. The van der Waals surface area contributed by atoms with E-state index in [1.54, 1.807) is 0 Å². The Kier molecular flexibility index (Phi) is 1.55. The van der Waals surface area contributed by atoms with Gasteiger partial charge in [0, 0.05) is 0 Å². The van der Waals surface area contributed by atoms with Crippen LogP contribution in [0.15, 0.2) is 11.9 Å². The predicted octanol–water partition coefficient (Wildman–Crippen LogP) is -1.06. The predicted molar refractivity (Wildman–Crippen MR) is 31.8 cm³/mol. The van der Waals surface area contributed by atoms with Crippen molar-refractivity contribution in [3.05, 3.63) is 22.0 Å². The van der Waals surface area contributed by atoms with E-state index in [0.717, 1.165) is 0 Å². The third-order valence-corrected chi connectivity index (χ3v) is 0.954. The van der Waals surface area contributed by atoms with Gasteiger partial charge in [-0.15, -0.1) is 0 Å². The Morgan fingerprint density at radius 3 is 2.36 bits per heavy atom. The maximum atomic E-state index is 10.6. The third-order valence-electron chi connectivity index (χ3n) is 0.954. The van der Waals surface area contributed by atoms with Crippen LogP contribution in [0.25, 0.3) is 0 Å². The van der Waals surface area contributed by atoms with E-state index in [-0.39, 0.29) is 5.70 Å². The number of amides is 3. The van der Waals surface area contributed by atoms with Gasteiger partial charge in [-0.1, -0.05) is 0 Å². The molecular formula is C4H3N3O4. The average Bonchev–Trinajstić information content (AvgIpc) is 2.09. The van der Waals surface area contributed by atoms with Gasteiger partial charge in [0.1, 0.15) is 0 Å². The minimum Gasteiger partial charge on any atom is -0.298 e. The van der Waals surface area contributed by atoms with Crippen molar-refractivity contribution in [1.29, 1.82) is 0 Å². The number of carbonyl (C=O) groups excluding carboxylic acids is 2. The third kappa shape index (κ3) is 1.51. The van der Waals surface area contributed by atoms with Crippen molar-refractivity contribution in [3.63, 3.8) is 0 Å². The van der Waals surface area contributed by atoms with E-state index < -0.39 is 16.9 Å². The second kappa shape index (κ2) is 2.37. The Labute approximate surface area is 60.2 Å². The van der Waals surface area contributed by atoms with Crippen LogP contribution in [0, 0.1) is 10.1 Å². The fraction of sp³-hybridized carbons (Fsp3) is 0. The number of urea groups is 1. The van der Waals surface area contributed by atoms with Gasteiger partial charge in [0.2, 0.25) is 0 Å². The molecule has 1 heterocycles. The molecule has 1 aliphatic rings. The van der Waals surface area contributed by atoms with Gasteiger partial charge < -0.3 is 0 Å². The minimum atomic E-state index is -0.819. The van der Waals surface area contributed by atoms with Crippen molar-refractivity contribution in [2.45, 2.75) is 0 Å². The van der Waals surface area contributed by atoms with Crippen LogP contribution in [0.2, 0.25) is 0 Å². The molecule has 11 heavy (non-hydrogen) atoms. The van der Waals surface area contributed by atoms with Crippen molar-refractivity contribution < 1.29 is 14.5 Å². The highest BCUT2D eigenvalue weighted by molar-refractivity contribution is 6.11. The average molecular weight is 157 g/mol. The number of rotatable bonds is 1. The molecule has 0 saturated carbocycles. The summed E-state index contributed by atoms with van der Waals surface area (Å²) in [4.78, 5) is 29.9. The molecule has 0 aromatic heterocycles. The Hall–Kier alpha value is -1.92. The van der Waals surface area contributed by atoms with Gasteiger partial charge in [-0.05, 0) is 0 Å². The van der Waals surface area contributed by atoms with Crippen molar-refractivity contribution >= 4 is 11.9 Å². The first-order chi connectivity index (χ1) is 5.09. The molecular weight excluding hydrogens is 154 g/mol. The highest BCUT2D eigenvalue weighted by Crippen LogP contribution is 1.95. The van der Waals surface area contributed by atoms with Gasteiger partial charge in [-0.2, -0.15) is 0 Å². The van der Waals surface area contributed by atoms with E-state index in [2.05, 4.69) is 0 Å². The first-order valence-corrected chi connectivity index (χ1v) is 2.57. The van der Waals surface area contributed by atoms with Gasteiger partial charge in [-0.3, -0.25) is 25.5 Å². The standard InChI is InChI=1S/C4H3N3O4/c8-3-2(1-7(10)11)5-4(9)6-3/h1H,(H2,5,6,8,9)/b2-1+. The molecule has 0 unspecified atom stereocenters. The summed E-state index contributed by atoms with van der Waals surface area (Å²) in [5.41, 5.74) is -0.347. The summed E-state index contributed by atoms with van der Waals surface area (Å²) >= 11 is 0. The van der Waals surface area contributed by atoms with E-state index in [1.807, 2.05) is 10.6 Å². The summed E-state index contributed by atoms with van der Waals surface area (Å²) in [5.74, 6) is -0.785. The maximum Gasteiger partial charge on any atom is 0.326 e. The van der Waals surface area contributed by atoms with E-state index in [1.165, 1.54) is 0 Å². The van der Waals surface area contributed by atoms with E-state index >= 15 is 0 Å². The molecule has 2 N–H and O–H groups in total. The monoisotopic (exact) mass is 157 g/mol. The first-order valence-electron chi connectivity index (χ1n) is 2.57. The zero-order chi connectivity index (χ0) is 8.43. The lowest BCUT2D eigenvalue weighted by Gasteiger charge is -1.84. The molecule has 1 fully saturated rings. The quantitative estimate of drug-likeness (QED) is 0.219. The van der Waals surface area contributed by atoms with Gasteiger partial charge in [-0.25, -0.2) is 4.79 Å². The van der Waals surface area contributed by atoms with Crippen LogP contribution in [0.4, 0.5) is 4.79 Å². The molecule has 58 valence electrons. The summed E-state index contributed by atoms with van der Waals surface area (Å²) < 4.78 is 0. The van der Waals surface area contributed by atoms with Gasteiger partial charge >= 0.3 is 6.03 Å². The van der Waals surface area contributed by atoms with Crippen LogP contribution in [0.1, 0.15) is 0 Å². The molecule has 1 rings (SSSR count). The van der Waals surface area contributed by atoms with Crippen LogP contribution in [-0.4, -0.2) is 16.9 Å². The van der Waals surface area contributed by atoms with Crippen LogP contribution in [0.5, 0.6) is 0 Å². The number of carbonyl (C=O) groups is 2. The number of nitrogens with zero attached hydrogens (tertiary/aromatic N) is 1. The molecule has 0 atom stereocenters. The lowest BCUT2D eigenvalue weighted by Crippen LogP contribution is -2.22. The fourth-order valence-corrected chi connectivity index (χ4v) is 0.577. The second-order valence-corrected chi connectivity index (χ2v) is 1.74. The lowest BCUT2D eigenvalue weighted by molar-refractivity contribution is -0.403. The van der Waals surface area contributed by atoms with Crippen LogP contribution in [0.3, 0.4) is 0 Å². The topological polar surface area (TPSA) is 101 Å². The maximum absolute atomic E-state index is 10.6. The molecule has 0 aliphatic carbocycles. The second-order valence-electron chi connectivity index (χ2n) is 1.74. The molecule has 0 radical (unpaired) electrons. The lowest BCUT2D eigenvalue weighted by atomic mass is 10.5. The van der Waals surface area contributed by atoms with Crippen LogP contribution in [-0.2, 0) is 4.79 Å². The van der Waals surface area contributed by atoms with Crippen LogP contribution >= 0.6 is 0 Å². The number of hydrogen-bond acceptors (Lipinski definition) is 4. The molecule has 3 amide bonds. The Balaban J connectivity index is 2.83. The largest absolute Gasteiger partial charge is 0.326 e. The summed E-state index contributed by atoms with van der Waals surface area (Å²) in [7, 11) is 0. The summed E-state index contributed by atoms with van der Waals surface area (Å²) in [6.07, 6.45) is 0.431. The van der Waals surface area contributed by atoms with Crippen molar-refractivity contribution in [2.75, 3.05) is 0 Å². The highest BCUT2D eigenvalue weighted by Gasteiger charge is 2.25. The van der Waals surface area contributed by atoms with Crippen molar-refractivity contribution in [3.8, 4) is 0 Å². The molecule has 7 heteroatoms. The van der Waals surface area contributed by atoms with E-state index in [9.17, 15) is 19.7 Å². The molecule has 7 nitrogen and oxygen atoms in total. The van der Waals surface area contributed by atoms with Gasteiger partial charge in [0.25, 0.3) is 12.1 Å². The SMILES string of the molecule is O=C1NC(=O)/C(=C\[N+](=O)[O-])N1. The fourth-order valence-electron chi connectivity index (χ4n) is 0.577. The summed E-state index contributed by atoms with van der Waals surface area (Å²) in [6.45, 7) is 0. The zero-order valence-corrected chi connectivity index (χ0v) is 5.16.